The molecule has 0 aliphatic rings. The lowest BCUT2D eigenvalue weighted by molar-refractivity contribution is -0.137. The number of carbonyl (C=O) groups is 1. The highest BCUT2D eigenvalue weighted by atomic mass is 35.5. The van der Waals surface area contributed by atoms with E-state index in [9.17, 15) is 4.79 Å². The molecular formula is C15H17ClN2O2. The molecular weight excluding hydrogens is 276 g/mol. The van der Waals surface area contributed by atoms with E-state index in [1.165, 1.54) is 0 Å². The van der Waals surface area contributed by atoms with Crippen LogP contribution in [0.25, 0.3) is 10.9 Å². The van der Waals surface area contributed by atoms with Gasteiger partial charge in [0.2, 0.25) is 0 Å². The zero-order valence-electron chi connectivity index (χ0n) is 11.1. The first-order valence-electron chi connectivity index (χ1n) is 6.67. The van der Waals surface area contributed by atoms with Crippen LogP contribution in [0.5, 0.6) is 0 Å². The first kappa shape index (κ1) is 14.6. The van der Waals surface area contributed by atoms with Crippen molar-refractivity contribution in [3.05, 3.63) is 35.5 Å². The van der Waals surface area contributed by atoms with E-state index in [1.54, 1.807) is 6.20 Å². The normalized spacial score (nSPS) is 10.7. The summed E-state index contributed by atoms with van der Waals surface area (Å²) < 4.78 is 0. The number of hydrogen-bond acceptors (Lipinski definition) is 3. The van der Waals surface area contributed by atoms with Crippen LogP contribution < -0.4 is 5.32 Å². The summed E-state index contributed by atoms with van der Waals surface area (Å²) in [5, 5.41) is 13.5. The van der Waals surface area contributed by atoms with Gasteiger partial charge in [-0.15, -0.1) is 0 Å². The second-order valence-corrected chi connectivity index (χ2v) is 5.03. The van der Waals surface area contributed by atoms with E-state index in [0.717, 1.165) is 42.4 Å². The quantitative estimate of drug-likeness (QED) is 0.759. The van der Waals surface area contributed by atoms with Crippen molar-refractivity contribution >= 4 is 34.2 Å². The van der Waals surface area contributed by atoms with Gasteiger partial charge in [-0.2, -0.15) is 0 Å². The van der Waals surface area contributed by atoms with Crippen molar-refractivity contribution in [1.82, 2.24) is 4.98 Å². The second kappa shape index (κ2) is 7.10. The topological polar surface area (TPSA) is 62.2 Å². The number of nitrogens with zero attached hydrogens (tertiary/aromatic N) is 1. The Kier molecular flexibility index (Phi) is 5.18. The first-order chi connectivity index (χ1) is 9.68. The van der Waals surface area contributed by atoms with Crippen LogP contribution >= 0.6 is 11.6 Å². The van der Waals surface area contributed by atoms with Gasteiger partial charge < -0.3 is 10.4 Å². The fraction of sp³-hybridized carbons (Fsp3) is 0.333. The highest BCUT2D eigenvalue weighted by Crippen LogP contribution is 2.27. The molecule has 1 heterocycles. The van der Waals surface area contributed by atoms with Crippen molar-refractivity contribution in [3.63, 3.8) is 0 Å². The maximum absolute atomic E-state index is 10.4. The molecule has 2 aromatic rings. The van der Waals surface area contributed by atoms with Crippen molar-refractivity contribution in [2.75, 3.05) is 11.9 Å². The van der Waals surface area contributed by atoms with Crippen molar-refractivity contribution < 1.29 is 9.90 Å². The van der Waals surface area contributed by atoms with E-state index in [4.69, 9.17) is 16.7 Å². The standard InChI is InChI=1S/C15H17ClN2O2/c16-12-7-8-13(15-11(12)5-4-10-18-15)17-9-3-1-2-6-14(19)20/h4-5,7-8,10,17H,1-3,6,9H2,(H,19,20). The fourth-order valence-corrected chi connectivity index (χ4v) is 2.30. The minimum Gasteiger partial charge on any atom is -0.481 e. The number of rotatable bonds is 7. The maximum atomic E-state index is 10.4. The number of benzene rings is 1. The Labute approximate surface area is 122 Å². The molecule has 0 unspecified atom stereocenters. The number of carboxylic acid groups (broad SMARTS) is 1. The molecule has 2 N–H and O–H groups in total. The lowest BCUT2D eigenvalue weighted by Crippen LogP contribution is -2.03. The van der Waals surface area contributed by atoms with Crippen molar-refractivity contribution in [3.8, 4) is 0 Å². The number of halogens is 1. The molecule has 1 aromatic heterocycles. The number of hydrogen-bond donors (Lipinski definition) is 2. The Morgan fingerprint density at radius 1 is 1.25 bits per heavy atom. The Balaban J connectivity index is 1.90. The maximum Gasteiger partial charge on any atom is 0.303 e. The Hall–Kier alpha value is -1.81. The highest BCUT2D eigenvalue weighted by molar-refractivity contribution is 6.35. The smallest absolute Gasteiger partial charge is 0.303 e. The summed E-state index contributed by atoms with van der Waals surface area (Å²) in [7, 11) is 0. The van der Waals surface area contributed by atoms with E-state index in [-0.39, 0.29) is 6.42 Å². The van der Waals surface area contributed by atoms with Crippen molar-refractivity contribution in [2.24, 2.45) is 0 Å². The average Bonchev–Trinajstić information content (AvgIpc) is 2.45. The average molecular weight is 293 g/mol. The van der Waals surface area contributed by atoms with Crippen LogP contribution in [0.1, 0.15) is 25.7 Å². The van der Waals surface area contributed by atoms with E-state index in [1.807, 2.05) is 24.3 Å². The van der Waals surface area contributed by atoms with Gasteiger partial charge in [0.1, 0.15) is 0 Å². The predicted molar refractivity (Wildman–Crippen MR) is 81.3 cm³/mol. The third kappa shape index (κ3) is 3.84. The van der Waals surface area contributed by atoms with Gasteiger partial charge in [-0.05, 0) is 37.1 Å². The summed E-state index contributed by atoms with van der Waals surface area (Å²) in [4.78, 5) is 14.8. The van der Waals surface area contributed by atoms with Crippen LogP contribution in [0.2, 0.25) is 5.02 Å². The molecule has 0 radical (unpaired) electrons. The van der Waals surface area contributed by atoms with Gasteiger partial charge in [0, 0.05) is 24.5 Å². The summed E-state index contributed by atoms with van der Waals surface area (Å²) in [6, 6.07) is 7.60. The van der Waals surface area contributed by atoms with Crippen LogP contribution in [0, 0.1) is 0 Å². The molecule has 5 heteroatoms. The largest absolute Gasteiger partial charge is 0.481 e. The minimum absolute atomic E-state index is 0.241. The molecule has 2 rings (SSSR count). The summed E-state index contributed by atoms with van der Waals surface area (Å²) >= 11 is 6.14. The van der Waals surface area contributed by atoms with Gasteiger partial charge in [-0.25, -0.2) is 0 Å². The molecule has 0 amide bonds. The molecule has 0 fully saturated rings. The van der Waals surface area contributed by atoms with Gasteiger partial charge >= 0.3 is 5.97 Å². The summed E-state index contributed by atoms with van der Waals surface area (Å²) in [5.41, 5.74) is 1.83. The number of pyridine rings is 1. The van der Waals surface area contributed by atoms with Crippen LogP contribution in [-0.4, -0.2) is 22.6 Å². The predicted octanol–water partition coefficient (Wildman–Crippen LogP) is 3.95. The zero-order valence-corrected chi connectivity index (χ0v) is 11.9. The number of unbranched alkanes of at least 4 members (excludes halogenated alkanes) is 2. The number of fused-ring (bicyclic) bond motifs is 1. The van der Waals surface area contributed by atoms with Crippen LogP contribution in [0.3, 0.4) is 0 Å². The Morgan fingerprint density at radius 2 is 2.10 bits per heavy atom. The summed E-state index contributed by atoms with van der Waals surface area (Å²) in [5.74, 6) is -0.731. The Morgan fingerprint density at radius 3 is 2.90 bits per heavy atom. The van der Waals surface area contributed by atoms with Gasteiger partial charge in [-0.3, -0.25) is 9.78 Å². The number of anilines is 1. The molecule has 20 heavy (non-hydrogen) atoms. The third-order valence-electron chi connectivity index (χ3n) is 3.10. The van der Waals surface area contributed by atoms with Crippen LogP contribution in [-0.2, 0) is 4.79 Å². The molecule has 0 spiro atoms. The molecule has 1 aromatic carbocycles. The molecule has 0 aliphatic heterocycles. The second-order valence-electron chi connectivity index (χ2n) is 4.63. The Bertz CT molecular complexity index is 601. The number of aliphatic carboxylic acids is 1. The monoisotopic (exact) mass is 292 g/mol. The molecule has 0 saturated carbocycles. The van der Waals surface area contributed by atoms with E-state index < -0.39 is 5.97 Å². The zero-order chi connectivity index (χ0) is 14.4. The molecule has 0 saturated heterocycles. The van der Waals surface area contributed by atoms with Gasteiger partial charge in [0.15, 0.2) is 0 Å². The summed E-state index contributed by atoms with van der Waals surface area (Å²) in [6.45, 7) is 0.799. The number of aromatic nitrogens is 1. The first-order valence-corrected chi connectivity index (χ1v) is 7.05. The highest BCUT2D eigenvalue weighted by Gasteiger charge is 2.05. The van der Waals surface area contributed by atoms with Gasteiger partial charge in [0.25, 0.3) is 0 Å². The SMILES string of the molecule is O=C(O)CCCCCNc1ccc(Cl)c2cccnc12. The summed E-state index contributed by atoms with van der Waals surface area (Å²) in [6.07, 6.45) is 4.54. The van der Waals surface area contributed by atoms with E-state index in [2.05, 4.69) is 10.3 Å². The van der Waals surface area contributed by atoms with Crippen molar-refractivity contribution in [1.29, 1.82) is 0 Å². The van der Waals surface area contributed by atoms with E-state index >= 15 is 0 Å². The number of nitrogens with one attached hydrogen (secondary N) is 1. The molecule has 0 aliphatic carbocycles. The minimum atomic E-state index is -0.731. The van der Waals surface area contributed by atoms with Gasteiger partial charge in [-0.1, -0.05) is 18.0 Å². The van der Waals surface area contributed by atoms with Gasteiger partial charge in [0.05, 0.1) is 16.2 Å². The van der Waals surface area contributed by atoms with E-state index in [0.29, 0.717) is 5.02 Å². The lowest BCUT2D eigenvalue weighted by atomic mass is 10.1. The van der Waals surface area contributed by atoms with Crippen LogP contribution in [0.15, 0.2) is 30.5 Å². The molecule has 0 atom stereocenters. The molecule has 106 valence electrons. The molecule has 4 nitrogen and oxygen atoms in total. The van der Waals surface area contributed by atoms with Crippen LogP contribution in [0.4, 0.5) is 5.69 Å². The fourth-order valence-electron chi connectivity index (χ4n) is 2.08. The van der Waals surface area contributed by atoms with Crippen molar-refractivity contribution in [2.45, 2.75) is 25.7 Å². The lowest BCUT2D eigenvalue weighted by Gasteiger charge is -2.09. The third-order valence-corrected chi connectivity index (χ3v) is 3.43. The number of carboxylic acids is 1. The molecule has 0 bridgehead atoms.